The highest BCUT2D eigenvalue weighted by atomic mass is 16.3. The summed E-state index contributed by atoms with van der Waals surface area (Å²) in [7, 11) is 0. The Kier molecular flexibility index (Phi) is 6.39. The predicted molar refractivity (Wildman–Crippen MR) is 52.9 cm³/mol. The van der Waals surface area contributed by atoms with Gasteiger partial charge in [-0.25, -0.2) is 0 Å². The van der Waals surface area contributed by atoms with E-state index in [4.69, 9.17) is 10.8 Å². The average molecular weight is 173 g/mol. The summed E-state index contributed by atoms with van der Waals surface area (Å²) >= 11 is 0. The van der Waals surface area contributed by atoms with Crippen LogP contribution in [0.1, 0.15) is 40.0 Å². The number of aliphatic hydroxyl groups is 1. The van der Waals surface area contributed by atoms with Gasteiger partial charge in [-0.05, 0) is 11.8 Å². The Labute approximate surface area is 76.2 Å². The molecular formula is C10H23NO. The quantitative estimate of drug-likeness (QED) is 0.643. The maximum atomic E-state index is 8.85. The van der Waals surface area contributed by atoms with E-state index in [1.165, 1.54) is 19.3 Å². The number of nitrogens with two attached hydrogens (primary N) is 1. The van der Waals surface area contributed by atoms with Crippen LogP contribution >= 0.6 is 0 Å². The van der Waals surface area contributed by atoms with Gasteiger partial charge in [-0.1, -0.05) is 40.0 Å². The molecule has 3 N–H and O–H groups in total. The van der Waals surface area contributed by atoms with Crippen LogP contribution in [0, 0.1) is 11.8 Å². The minimum absolute atomic E-state index is 0.0446. The summed E-state index contributed by atoms with van der Waals surface area (Å²) in [6.07, 6.45) is 3.74. The van der Waals surface area contributed by atoms with Crippen molar-refractivity contribution in [1.82, 2.24) is 0 Å². The molecule has 0 aromatic rings. The van der Waals surface area contributed by atoms with Crippen LogP contribution in [0.5, 0.6) is 0 Å². The summed E-state index contributed by atoms with van der Waals surface area (Å²) in [5.74, 6) is 1.06. The molecule has 12 heavy (non-hydrogen) atoms. The van der Waals surface area contributed by atoms with Crippen LogP contribution in [0.4, 0.5) is 0 Å². The fourth-order valence-electron chi connectivity index (χ4n) is 1.38. The zero-order valence-corrected chi connectivity index (χ0v) is 8.59. The molecule has 0 aliphatic rings. The van der Waals surface area contributed by atoms with Gasteiger partial charge in [-0.3, -0.25) is 0 Å². The van der Waals surface area contributed by atoms with Gasteiger partial charge in [0.05, 0.1) is 6.61 Å². The number of hydrogen-bond donors (Lipinski definition) is 2. The third kappa shape index (κ3) is 4.07. The highest BCUT2D eigenvalue weighted by Gasteiger charge is 2.17. The van der Waals surface area contributed by atoms with E-state index in [1.807, 2.05) is 0 Å². The third-order valence-electron chi connectivity index (χ3n) is 2.80. The average Bonchev–Trinajstić information content (AvgIpc) is 2.11. The predicted octanol–water partition coefficient (Wildman–Crippen LogP) is 1.77. The van der Waals surface area contributed by atoms with E-state index in [9.17, 15) is 0 Å². The maximum Gasteiger partial charge on any atom is 0.0585 e. The number of aliphatic hydroxyl groups excluding tert-OH is 1. The minimum Gasteiger partial charge on any atom is -0.395 e. The molecule has 0 aliphatic heterocycles. The summed E-state index contributed by atoms with van der Waals surface area (Å²) < 4.78 is 0. The highest BCUT2D eigenvalue weighted by Crippen LogP contribution is 2.19. The van der Waals surface area contributed by atoms with Gasteiger partial charge in [0.2, 0.25) is 0 Å². The Morgan fingerprint density at radius 1 is 1.33 bits per heavy atom. The van der Waals surface area contributed by atoms with Crippen molar-refractivity contribution < 1.29 is 5.11 Å². The molecule has 0 heterocycles. The monoisotopic (exact) mass is 173 g/mol. The topological polar surface area (TPSA) is 46.2 Å². The first kappa shape index (κ1) is 11.9. The molecule has 0 unspecified atom stereocenters. The molecule has 0 saturated heterocycles. The van der Waals surface area contributed by atoms with Crippen LogP contribution < -0.4 is 5.73 Å². The Balaban J connectivity index is 3.67. The zero-order valence-electron chi connectivity index (χ0n) is 8.59. The molecule has 0 spiro atoms. The fraction of sp³-hybridized carbons (Fsp3) is 1.00. The lowest BCUT2D eigenvalue weighted by atomic mass is 9.86. The highest BCUT2D eigenvalue weighted by molar-refractivity contribution is 4.72. The van der Waals surface area contributed by atoms with Crippen LogP contribution in [0.25, 0.3) is 0 Å². The molecule has 3 atom stereocenters. The van der Waals surface area contributed by atoms with Gasteiger partial charge >= 0.3 is 0 Å². The lowest BCUT2D eigenvalue weighted by molar-refractivity contribution is 0.197. The van der Waals surface area contributed by atoms with E-state index in [0.717, 1.165) is 0 Å². The largest absolute Gasteiger partial charge is 0.395 e. The van der Waals surface area contributed by atoms with E-state index in [0.29, 0.717) is 11.8 Å². The van der Waals surface area contributed by atoms with Crippen LogP contribution in [0.15, 0.2) is 0 Å². The molecule has 0 rings (SSSR count). The van der Waals surface area contributed by atoms with Gasteiger partial charge in [0.15, 0.2) is 0 Å². The summed E-state index contributed by atoms with van der Waals surface area (Å²) in [6, 6.07) is -0.0446. The van der Waals surface area contributed by atoms with Crippen LogP contribution in [-0.4, -0.2) is 17.8 Å². The van der Waals surface area contributed by atoms with Gasteiger partial charge in [0.25, 0.3) is 0 Å². The second kappa shape index (κ2) is 6.44. The molecule has 0 radical (unpaired) electrons. The maximum absolute atomic E-state index is 8.85. The zero-order chi connectivity index (χ0) is 9.56. The fourth-order valence-corrected chi connectivity index (χ4v) is 1.38. The van der Waals surface area contributed by atoms with Gasteiger partial charge < -0.3 is 10.8 Å². The second-order valence-electron chi connectivity index (χ2n) is 3.83. The molecule has 0 fully saturated rings. The van der Waals surface area contributed by atoms with Gasteiger partial charge in [-0.2, -0.15) is 0 Å². The Hall–Kier alpha value is -0.0800. The van der Waals surface area contributed by atoms with Crippen molar-refractivity contribution in [3.63, 3.8) is 0 Å². The Morgan fingerprint density at radius 2 is 1.92 bits per heavy atom. The van der Waals surface area contributed by atoms with Crippen LogP contribution in [0.3, 0.4) is 0 Å². The van der Waals surface area contributed by atoms with Crippen molar-refractivity contribution in [3.05, 3.63) is 0 Å². The summed E-state index contributed by atoms with van der Waals surface area (Å²) in [6.45, 7) is 6.65. The van der Waals surface area contributed by atoms with Crippen molar-refractivity contribution in [2.45, 2.75) is 46.1 Å². The van der Waals surface area contributed by atoms with E-state index in [2.05, 4.69) is 20.8 Å². The molecule has 0 aromatic carbocycles. The smallest absolute Gasteiger partial charge is 0.0585 e. The molecule has 0 aromatic heterocycles. The minimum atomic E-state index is -0.0446. The van der Waals surface area contributed by atoms with Crippen molar-refractivity contribution in [1.29, 1.82) is 0 Å². The van der Waals surface area contributed by atoms with Crippen molar-refractivity contribution >= 4 is 0 Å². The van der Waals surface area contributed by atoms with Crippen molar-refractivity contribution in [3.8, 4) is 0 Å². The van der Waals surface area contributed by atoms with Crippen molar-refractivity contribution in [2.24, 2.45) is 17.6 Å². The third-order valence-corrected chi connectivity index (χ3v) is 2.80. The summed E-state index contributed by atoms with van der Waals surface area (Å²) in [5.41, 5.74) is 5.74. The van der Waals surface area contributed by atoms with E-state index < -0.39 is 0 Å². The molecule has 74 valence electrons. The lowest BCUT2D eigenvalue weighted by Gasteiger charge is -2.24. The molecule has 0 saturated carbocycles. The van der Waals surface area contributed by atoms with Crippen LogP contribution in [-0.2, 0) is 0 Å². The Bertz CT molecular complexity index is 106. The second-order valence-corrected chi connectivity index (χ2v) is 3.83. The number of unbranched alkanes of at least 4 members (excludes halogenated alkanes) is 1. The summed E-state index contributed by atoms with van der Waals surface area (Å²) in [4.78, 5) is 0. The molecule has 2 heteroatoms. The SMILES string of the molecule is CCCC[C@@H](C)[C@@H](C)[C@@H](N)CO. The van der Waals surface area contributed by atoms with Gasteiger partial charge in [-0.15, -0.1) is 0 Å². The molecular weight excluding hydrogens is 150 g/mol. The first-order chi connectivity index (χ1) is 5.63. The molecule has 0 amide bonds. The van der Waals surface area contributed by atoms with E-state index >= 15 is 0 Å². The van der Waals surface area contributed by atoms with Crippen molar-refractivity contribution in [2.75, 3.05) is 6.61 Å². The normalized spacial score (nSPS) is 18.8. The van der Waals surface area contributed by atoms with E-state index in [1.54, 1.807) is 0 Å². The number of hydrogen-bond acceptors (Lipinski definition) is 2. The first-order valence-electron chi connectivity index (χ1n) is 4.99. The Morgan fingerprint density at radius 3 is 2.33 bits per heavy atom. The molecule has 0 aliphatic carbocycles. The summed E-state index contributed by atoms with van der Waals surface area (Å²) in [5, 5.41) is 8.85. The van der Waals surface area contributed by atoms with E-state index in [-0.39, 0.29) is 12.6 Å². The molecule has 0 bridgehead atoms. The standard InChI is InChI=1S/C10H23NO/c1-4-5-6-8(2)9(3)10(11)7-12/h8-10,12H,4-7,11H2,1-3H3/t8-,9-,10+/m1/s1. The first-order valence-corrected chi connectivity index (χ1v) is 4.99. The van der Waals surface area contributed by atoms with Gasteiger partial charge in [0.1, 0.15) is 0 Å². The molecule has 2 nitrogen and oxygen atoms in total. The van der Waals surface area contributed by atoms with Gasteiger partial charge in [0, 0.05) is 6.04 Å². The number of rotatable bonds is 6. The lowest BCUT2D eigenvalue weighted by Crippen LogP contribution is -2.35. The van der Waals surface area contributed by atoms with Crippen LogP contribution in [0.2, 0.25) is 0 Å².